The predicted octanol–water partition coefficient (Wildman–Crippen LogP) is 2.13. The van der Waals surface area contributed by atoms with Gasteiger partial charge in [-0.1, -0.05) is 6.42 Å². The second kappa shape index (κ2) is 3.05. The van der Waals surface area contributed by atoms with Gasteiger partial charge in [-0.15, -0.1) is 0 Å². The highest BCUT2D eigenvalue weighted by molar-refractivity contribution is 5.22. The van der Waals surface area contributed by atoms with Gasteiger partial charge in [-0.25, -0.2) is 4.98 Å². The molecule has 1 aromatic heterocycles. The number of aromatic nitrogens is 2. The SMILES string of the molecule is Cc1cn(C(C)C2CCC2)c(N)n1. The van der Waals surface area contributed by atoms with E-state index in [4.69, 9.17) is 5.73 Å². The molecule has 1 aliphatic rings. The van der Waals surface area contributed by atoms with E-state index in [1.54, 1.807) is 0 Å². The molecule has 2 N–H and O–H groups in total. The van der Waals surface area contributed by atoms with Crippen molar-refractivity contribution in [3.63, 3.8) is 0 Å². The van der Waals surface area contributed by atoms with Gasteiger partial charge in [0.1, 0.15) is 0 Å². The molecule has 0 spiro atoms. The number of imidazole rings is 1. The van der Waals surface area contributed by atoms with Crippen LogP contribution < -0.4 is 5.73 Å². The summed E-state index contributed by atoms with van der Waals surface area (Å²) in [5.74, 6) is 1.48. The largest absolute Gasteiger partial charge is 0.369 e. The van der Waals surface area contributed by atoms with Gasteiger partial charge >= 0.3 is 0 Å². The molecule has 1 fully saturated rings. The summed E-state index contributed by atoms with van der Waals surface area (Å²) in [5.41, 5.74) is 6.83. The van der Waals surface area contributed by atoms with Gasteiger partial charge < -0.3 is 10.3 Å². The highest BCUT2D eigenvalue weighted by atomic mass is 15.2. The van der Waals surface area contributed by atoms with E-state index < -0.39 is 0 Å². The zero-order valence-electron chi connectivity index (χ0n) is 8.33. The van der Waals surface area contributed by atoms with Gasteiger partial charge in [0.15, 0.2) is 0 Å². The van der Waals surface area contributed by atoms with Crippen LogP contribution >= 0.6 is 0 Å². The van der Waals surface area contributed by atoms with Gasteiger partial charge in [0.2, 0.25) is 5.95 Å². The number of rotatable bonds is 2. The Hall–Kier alpha value is -0.990. The molecule has 2 rings (SSSR count). The number of nitrogens with zero attached hydrogens (tertiary/aromatic N) is 2. The number of anilines is 1. The van der Waals surface area contributed by atoms with Crippen molar-refractivity contribution in [1.82, 2.24) is 9.55 Å². The first-order chi connectivity index (χ1) is 6.18. The van der Waals surface area contributed by atoms with E-state index in [0.717, 1.165) is 11.6 Å². The third-order valence-corrected chi connectivity index (χ3v) is 3.15. The standard InChI is InChI=1S/C10H17N3/c1-7-6-13(10(11)12-7)8(2)9-4-3-5-9/h6,8-9H,3-5H2,1-2H3,(H2,11,12). The van der Waals surface area contributed by atoms with Crippen LogP contribution in [0.25, 0.3) is 0 Å². The van der Waals surface area contributed by atoms with Crippen LogP contribution in [0.2, 0.25) is 0 Å². The van der Waals surface area contributed by atoms with E-state index in [9.17, 15) is 0 Å². The Morgan fingerprint density at radius 2 is 2.31 bits per heavy atom. The Bertz CT molecular complexity index is 299. The van der Waals surface area contributed by atoms with Crippen LogP contribution in [0.3, 0.4) is 0 Å². The molecule has 3 heteroatoms. The number of nitrogen functional groups attached to an aromatic ring is 1. The topological polar surface area (TPSA) is 43.8 Å². The fourth-order valence-corrected chi connectivity index (χ4v) is 2.01. The molecule has 0 aliphatic heterocycles. The van der Waals surface area contributed by atoms with Crippen molar-refractivity contribution in [2.75, 3.05) is 5.73 Å². The minimum absolute atomic E-state index is 0.523. The molecule has 0 bridgehead atoms. The van der Waals surface area contributed by atoms with Crippen LogP contribution in [0.1, 0.15) is 37.9 Å². The summed E-state index contributed by atoms with van der Waals surface area (Å²) in [5, 5.41) is 0. The summed E-state index contributed by atoms with van der Waals surface area (Å²) in [4.78, 5) is 4.21. The van der Waals surface area contributed by atoms with Crippen LogP contribution in [-0.4, -0.2) is 9.55 Å². The fourth-order valence-electron chi connectivity index (χ4n) is 2.01. The van der Waals surface area contributed by atoms with E-state index >= 15 is 0 Å². The number of hydrogen-bond donors (Lipinski definition) is 1. The molecular weight excluding hydrogens is 162 g/mol. The molecule has 1 saturated carbocycles. The zero-order valence-corrected chi connectivity index (χ0v) is 8.33. The molecule has 0 aromatic carbocycles. The highest BCUT2D eigenvalue weighted by Crippen LogP contribution is 2.36. The molecule has 1 atom stereocenters. The smallest absolute Gasteiger partial charge is 0.200 e. The summed E-state index contributed by atoms with van der Waals surface area (Å²) in [6, 6.07) is 0.523. The van der Waals surface area contributed by atoms with Crippen LogP contribution in [0.5, 0.6) is 0 Å². The van der Waals surface area contributed by atoms with E-state index in [0.29, 0.717) is 12.0 Å². The van der Waals surface area contributed by atoms with Crippen LogP contribution in [0.4, 0.5) is 5.95 Å². The lowest BCUT2D eigenvalue weighted by Gasteiger charge is -2.32. The first kappa shape index (κ1) is 8.60. The quantitative estimate of drug-likeness (QED) is 0.755. The molecule has 1 aliphatic carbocycles. The van der Waals surface area contributed by atoms with Gasteiger partial charge in [0, 0.05) is 12.2 Å². The molecule has 1 aromatic rings. The van der Waals surface area contributed by atoms with Crippen LogP contribution in [-0.2, 0) is 0 Å². The first-order valence-electron chi connectivity index (χ1n) is 4.99. The van der Waals surface area contributed by atoms with E-state index in [-0.39, 0.29) is 0 Å². The molecule has 72 valence electrons. The van der Waals surface area contributed by atoms with Gasteiger partial charge in [0.25, 0.3) is 0 Å². The normalized spacial score (nSPS) is 19.8. The molecule has 0 amide bonds. The molecule has 0 saturated heterocycles. The van der Waals surface area contributed by atoms with Gasteiger partial charge in [-0.2, -0.15) is 0 Å². The van der Waals surface area contributed by atoms with Crippen LogP contribution in [0.15, 0.2) is 6.20 Å². The van der Waals surface area contributed by atoms with E-state index in [2.05, 4.69) is 22.7 Å². The molecule has 1 heterocycles. The molecular formula is C10H17N3. The Morgan fingerprint density at radius 3 is 2.69 bits per heavy atom. The molecule has 3 nitrogen and oxygen atoms in total. The van der Waals surface area contributed by atoms with Gasteiger partial charge in [-0.05, 0) is 32.6 Å². The maximum absolute atomic E-state index is 5.81. The van der Waals surface area contributed by atoms with Crippen molar-refractivity contribution in [2.45, 2.75) is 39.2 Å². The average molecular weight is 179 g/mol. The lowest BCUT2D eigenvalue weighted by atomic mass is 9.80. The van der Waals surface area contributed by atoms with E-state index in [1.165, 1.54) is 19.3 Å². The third-order valence-electron chi connectivity index (χ3n) is 3.15. The van der Waals surface area contributed by atoms with Gasteiger partial charge in [-0.3, -0.25) is 0 Å². The first-order valence-corrected chi connectivity index (χ1v) is 4.99. The van der Waals surface area contributed by atoms with Crippen molar-refractivity contribution in [2.24, 2.45) is 5.92 Å². The Morgan fingerprint density at radius 1 is 1.62 bits per heavy atom. The summed E-state index contributed by atoms with van der Waals surface area (Å²) in [6.07, 6.45) is 6.12. The minimum atomic E-state index is 0.523. The molecule has 0 radical (unpaired) electrons. The fraction of sp³-hybridized carbons (Fsp3) is 0.700. The summed E-state index contributed by atoms with van der Waals surface area (Å²) in [6.45, 7) is 4.22. The summed E-state index contributed by atoms with van der Waals surface area (Å²) >= 11 is 0. The average Bonchev–Trinajstić information content (AvgIpc) is 2.26. The predicted molar refractivity (Wildman–Crippen MR) is 53.4 cm³/mol. The van der Waals surface area contributed by atoms with Crippen molar-refractivity contribution in [1.29, 1.82) is 0 Å². The van der Waals surface area contributed by atoms with Crippen molar-refractivity contribution in [3.8, 4) is 0 Å². The summed E-state index contributed by atoms with van der Waals surface area (Å²) < 4.78 is 2.11. The van der Waals surface area contributed by atoms with Crippen LogP contribution in [0, 0.1) is 12.8 Å². The maximum Gasteiger partial charge on any atom is 0.200 e. The maximum atomic E-state index is 5.81. The minimum Gasteiger partial charge on any atom is -0.369 e. The van der Waals surface area contributed by atoms with Gasteiger partial charge in [0.05, 0.1) is 5.69 Å². The molecule has 1 unspecified atom stereocenters. The second-order valence-corrected chi connectivity index (χ2v) is 4.08. The van der Waals surface area contributed by atoms with E-state index in [1.807, 2.05) is 6.92 Å². The van der Waals surface area contributed by atoms with Crippen molar-refractivity contribution in [3.05, 3.63) is 11.9 Å². The number of aryl methyl sites for hydroxylation is 1. The second-order valence-electron chi connectivity index (χ2n) is 4.08. The highest BCUT2D eigenvalue weighted by Gasteiger charge is 2.26. The zero-order chi connectivity index (χ0) is 9.42. The number of hydrogen-bond acceptors (Lipinski definition) is 2. The Balaban J connectivity index is 2.18. The molecule has 13 heavy (non-hydrogen) atoms. The Kier molecular flexibility index (Phi) is 2.02. The lowest BCUT2D eigenvalue weighted by Crippen LogP contribution is -2.23. The Labute approximate surface area is 79.0 Å². The van der Waals surface area contributed by atoms with Crippen molar-refractivity contribution >= 4 is 5.95 Å². The third kappa shape index (κ3) is 1.43. The van der Waals surface area contributed by atoms with Crippen molar-refractivity contribution < 1.29 is 0 Å². The number of nitrogens with two attached hydrogens (primary N) is 1. The lowest BCUT2D eigenvalue weighted by molar-refractivity contribution is 0.224. The summed E-state index contributed by atoms with van der Waals surface area (Å²) in [7, 11) is 0. The monoisotopic (exact) mass is 179 g/mol.